The molecule has 0 radical (unpaired) electrons. The van der Waals surface area contributed by atoms with Crippen molar-refractivity contribution in [1.82, 2.24) is 4.98 Å². The predicted molar refractivity (Wildman–Crippen MR) is 92.8 cm³/mol. The minimum absolute atomic E-state index is 0.117. The molecule has 0 amide bonds. The van der Waals surface area contributed by atoms with Gasteiger partial charge in [0.15, 0.2) is 0 Å². The van der Waals surface area contributed by atoms with Crippen molar-refractivity contribution in [3.8, 4) is 0 Å². The van der Waals surface area contributed by atoms with E-state index in [2.05, 4.69) is 25.3 Å². The summed E-state index contributed by atoms with van der Waals surface area (Å²) in [6, 6.07) is 4.58. The summed E-state index contributed by atoms with van der Waals surface area (Å²) in [7, 11) is 0. The van der Waals surface area contributed by atoms with Gasteiger partial charge in [0.25, 0.3) is 0 Å². The summed E-state index contributed by atoms with van der Waals surface area (Å²) in [6.45, 7) is 4.91. The zero-order valence-electron chi connectivity index (χ0n) is 13.8. The largest absolute Gasteiger partial charge is 0.591 e. The van der Waals surface area contributed by atoms with Gasteiger partial charge in [-0.15, -0.1) is 0 Å². The Bertz CT molecular complexity index is 648. The monoisotopic (exact) mass is 442 g/mol. The molecule has 2 unspecified atom stereocenters. The number of hydrogen-bond acceptors (Lipinski definition) is 4. The van der Waals surface area contributed by atoms with Crippen LogP contribution in [0.2, 0.25) is 0 Å². The maximum atomic E-state index is 13.2. The molecule has 1 N–H and O–H groups in total. The molecule has 0 aliphatic rings. The molecule has 0 bridgehead atoms. The third kappa shape index (κ3) is 7.33. The fourth-order valence-electron chi connectivity index (χ4n) is 1.74. The van der Waals surface area contributed by atoms with Gasteiger partial charge in [0, 0.05) is 6.42 Å². The Hall–Kier alpha value is -1.13. The second-order valence-corrected chi connectivity index (χ2v) is 9.00. The molecule has 0 saturated heterocycles. The number of nitrogens with zero attached hydrogens (tertiary/aromatic N) is 2. The minimum atomic E-state index is -4.73. The molecule has 0 aromatic carbocycles. The highest BCUT2D eigenvalue weighted by atomic mass is 79.9. The second kappa shape index (κ2) is 8.50. The number of aromatic nitrogens is 1. The van der Waals surface area contributed by atoms with Crippen molar-refractivity contribution in [2.75, 3.05) is 0 Å². The Kier molecular flexibility index (Phi) is 7.45. The van der Waals surface area contributed by atoms with Crippen LogP contribution >= 0.6 is 15.9 Å². The zero-order chi connectivity index (χ0) is 19.4. The molecule has 10 heteroatoms. The third-order valence-electron chi connectivity index (χ3n) is 3.05. The maximum absolute atomic E-state index is 13.2. The van der Waals surface area contributed by atoms with Crippen LogP contribution in [0.3, 0.4) is 0 Å². The molecule has 1 rings (SSSR count). The van der Waals surface area contributed by atoms with E-state index < -0.39 is 47.0 Å². The van der Waals surface area contributed by atoms with E-state index in [1.807, 2.05) is 0 Å². The lowest BCUT2D eigenvalue weighted by atomic mass is 9.96. The lowest BCUT2D eigenvalue weighted by Gasteiger charge is -2.22. The second-order valence-electron chi connectivity index (χ2n) is 6.29. The van der Waals surface area contributed by atoms with E-state index in [0.29, 0.717) is 4.60 Å². The van der Waals surface area contributed by atoms with E-state index >= 15 is 0 Å². The standard InChI is InChI=1S/C15H18BrF3N2O3S/c1-14(2,3)25(24)21-11(10-5-4-6-12(16)20-10)7-9(8-13(22)23)15(17,18)19/h4-6,9H,7-8H2,1-3H3,(H,22,23). The highest BCUT2D eigenvalue weighted by molar-refractivity contribution is 9.10. The summed E-state index contributed by atoms with van der Waals surface area (Å²) >= 11 is 1.31. The van der Waals surface area contributed by atoms with Crippen LogP contribution in [0, 0.1) is 5.92 Å². The first-order valence-corrected chi connectivity index (χ1v) is 9.11. The predicted octanol–water partition coefficient (Wildman–Crippen LogP) is 4.14. The number of carboxylic acids is 1. The van der Waals surface area contributed by atoms with Gasteiger partial charge in [-0.3, -0.25) is 4.79 Å². The SMILES string of the molecule is CC(C)(C)[S+]([O-])N=C(CC(CC(=O)O)C(F)(F)F)c1cccc(Br)n1. The van der Waals surface area contributed by atoms with Crippen LogP contribution in [-0.4, -0.2) is 37.2 Å². The van der Waals surface area contributed by atoms with Gasteiger partial charge in [0.1, 0.15) is 26.4 Å². The Morgan fingerprint density at radius 1 is 1.36 bits per heavy atom. The third-order valence-corrected chi connectivity index (χ3v) is 4.93. The van der Waals surface area contributed by atoms with Gasteiger partial charge in [0.05, 0.1) is 18.0 Å². The molecule has 0 fully saturated rings. The van der Waals surface area contributed by atoms with Crippen molar-refractivity contribution >= 4 is 39.0 Å². The van der Waals surface area contributed by atoms with Crippen molar-refractivity contribution in [2.45, 2.75) is 44.5 Å². The lowest BCUT2D eigenvalue weighted by Crippen LogP contribution is -2.31. The van der Waals surface area contributed by atoms with E-state index in [9.17, 15) is 22.5 Å². The molecular formula is C15H18BrF3N2O3S. The Morgan fingerprint density at radius 2 is 1.96 bits per heavy atom. The molecule has 1 aromatic heterocycles. The quantitative estimate of drug-likeness (QED) is 0.407. The van der Waals surface area contributed by atoms with Crippen molar-refractivity contribution < 1.29 is 27.6 Å². The molecule has 0 spiro atoms. The summed E-state index contributed by atoms with van der Waals surface area (Å²) in [5.74, 6) is -3.72. The van der Waals surface area contributed by atoms with Crippen LogP contribution in [0.25, 0.3) is 0 Å². The van der Waals surface area contributed by atoms with Crippen molar-refractivity contribution in [1.29, 1.82) is 0 Å². The normalized spacial score (nSPS) is 15.8. The van der Waals surface area contributed by atoms with Gasteiger partial charge >= 0.3 is 12.1 Å². The summed E-state index contributed by atoms with van der Waals surface area (Å²) in [5.41, 5.74) is -0.0234. The number of carbonyl (C=O) groups is 1. The summed E-state index contributed by atoms with van der Waals surface area (Å²) < 4.78 is 55.4. The molecule has 2 atom stereocenters. The number of rotatable bonds is 6. The molecule has 0 saturated carbocycles. The van der Waals surface area contributed by atoms with Gasteiger partial charge in [-0.05, 0) is 48.8 Å². The summed E-state index contributed by atoms with van der Waals surface area (Å²) in [4.78, 5) is 14.8. The fourth-order valence-corrected chi connectivity index (χ4v) is 2.73. The molecule has 5 nitrogen and oxygen atoms in total. The van der Waals surface area contributed by atoms with Gasteiger partial charge in [-0.2, -0.15) is 13.2 Å². The van der Waals surface area contributed by atoms with Crippen LogP contribution in [0.1, 0.15) is 39.3 Å². The lowest BCUT2D eigenvalue weighted by molar-refractivity contribution is -0.181. The molecule has 0 aliphatic carbocycles. The van der Waals surface area contributed by atoms with Gasteiger partial charge in [-0.1, -0.05) is 10.5 Å². The molecule has 0 aliphatic heterocycles. The fraction of sp³-hybridized carbons (Fsp3) is 0.533. The van der Waals surface area contributed by atoms with E-state index in [0.717, 1.165) is 0 Å². The molecular weight excluding hydrogens is 425 g/mol. The zero-order valence-corrected chi connectivity index (χ0v) is 16.2. The van der Waals surface area contributed by atoms with E-state index in [4.69, 9.17) is 5.11 Å². The Morgan fingerprint density at radius 3 is 2.40 bits per heavy atom. The first-order chi connectivity index (χ1) is 11.3. The summed E-state index contributed by atoms with van der Waals surface area (Å²) in [5, 5.41) is 8.76. The van der Waals surface area contributed by atoms with Crippen LogP contribution in [0.4, 0.5) is 13.2 Å². The highest BCUT2D eigenvalue weighted by Gasteiger charge is 2.42. The maximum Gasteiger partial charge on any atom is 0.392 e. The van der Waals surface area contributed by atoms with Crippen LogP contribution in [0.15, 0.2) is 27.2 Å². The van der Waals surface area contributed by atoms with Crippen LogP contribution in [0.5, 0.6) is 0 Å². The molecule has 1 aromatic rings. The molecule has 140 valence electrons. The van der Waals surface area contributed by atoms with E-state index in [1.165, 1.54) is 6.07 Å². The van der Waals surface area contributed by atoms with Crippen molar-refractivity contribution in [3.63, 3.8) is 0 Å². The van der Waals surface area contributed by atoms with Gasteiger partial charge < -0.3 is 9.66 Å². The van der Waals surface area contributed by atoms with Crippen molar-refractivity contribution in [2.24, 2.45) is 10.3 Å². The number of hydrogen-bond donors (Lipinski definition) is 1. The van der Waals surface area contributed by atoms with Crippen LogP contribution < -0.4 is 0 Å². The van der Waals surface area contributed by atoms with E-state index in [1.54, 1.807) is 32.9 Å². The van der Waals surface area contributed by atoms with Gasteiger partial charge in [0.2, 0.25) is 0 Å². The first-order valence-electron chi connectivity index (χ1n) is 7.21. The number of alkyl halides is 3. The topological polar surface area (TPSA) is 85.6 Å². The molecule has 25 heavy (non-hydrogen) atoms. The average molecular weight is 443 g/mol. The Balaban J connectivity index is 3.30. The number of halogens is 4. The highest BCUT2D eigenvalue weighted by Crippen LogP contribution is 2.33. The first kappa shape index (κ1) is 21.9. The molecule has 1 heterocycles. The number of aliphatic carboxylic acids is 1. The number of carboxylic acid groups (broad SMARTS) is 1. The minimum Gasteiger partial charge on any atom is -0.591 e. The Labute approximate surface area is 155 Å². The average Bonchev–Trinajstić information content (AvgIpc) is 2.43. The van der Waals surface area contributed by atoms with Crippen molar-refractivity contribution in [3.05, 3.63) is 28.5 Å². The van der Waals surface area contributed by atoms with E-state index in [-0.39, 0.29) is 11.4 Å². The smallest absolute Gasteiger partial charge is 0.392 e. The summed E-state index contributed by atoms with van der Waals surface area (Å²) in [6.07, 6.45) is -6.55. The van der Waals surface area contributed by atoms with Crippen LogP contribution in [-0.2, 0) is 16.2 Å². The van der Waals surface area contributed by atoms with Gasteiger partial charge in [-0.25, -0.2) is 4.98 Å². The number of pyridine rings is 1.